The van der Waals surface area contributed by atoms with Crippen LogP contribution >= 0.6 is 11.6 Å². The number of ether oxygens (including phenoxy) is 1. The normalized spacial score (nSPS) is 11.0. The second-order valence-electron chi connectivity index (χ2n) is 4.83. The molecule has 0 atom stereocenters. The first kappa shape index (κ1) is 14.9. The van der Waals surface area contributed by atoms with Gasteiger partial charge in [0.2, 0.25) is 0 Å². The Hall–Kier alpha value is -2.04. The lowest BCUT2D eigenvalue weighted by atomic mass is 10.1. The first-order chi connectivity index (χ1) is 10.7. The van der Waals surface area contributed by atoms with E-state index in [1.54, 1.807) is 24.3 Å². The van der Waals surface area contributed by atoms with Gasteiger partial charge in [-0.25, -0.2) is 4.39 Å². The van der Waals surface area contributed by atoms with Crippen LogP contribution in [0.15, 0.2) is 52.9 Å². The predicted molar refractivity (Wildman–Crippen MR) is 84.8 cm³/mol. The molecule has 2 aromatic carbocycles. The summed E-state index contributed by atoms with van der Waals surface area (Å²) in [5.41, 5.74) is 0. The van der Waals surface area contributed by atoms with Gasteiger partial charge in [0.15, 0.2) is 16.8 Å². The van der Waals surface area contributed by atoms with Gasteiger partial charge in [-0.1, -0.05) is 30.3 Å². The molecule has 0 radical (unpaired) electrons. The molecule has 0 saturated carbocycles. The maximum absolute atomic E-state index is 14.3. The lowest BCUT2D eigenvalue weighted by Gasteiger charge is -2.09. The van der Waals surface area contributed by atoms with Crippen LogP contribution < -0.4 is 10.1 Å². The van der Waals surface area contributed by atoms with Crippen molar-refractivity contribution < 1.29 is 13.5 Å². The highest BCUT2D eigenvalue weighted by Crippen LogP contribution is 2.26. The summed E-state index contributed by atoms with van der Waals surface area (Å²) >= 11 is 5.68. The van der Waals surface area contributed by atoms with Crippen molar-refractivity contribution in [1.29, 1.82) is 0 Å². The molecule has 0 fully saturated rings. The Morgan fingerprint density at radius 2 is 1.95 bits per heavy atom. The van der Waals surface area contributed by atoms with Gasteiger partial charge in [0.1, 0.15) is 12.4 Å². The van der Waals surface area contributed by atoms with E-state index in [0.29, 0.717) is 30.3 Å². The van der Waals surface area contributed by atoms with Gasteiger partial charge in [-0.2, -0.15) is 0 Å². The summed E-state index contributed by atoms with van der Waals surface area (Å²) in [5, 5.41) is 4.94. The second-order valence-corrected chi connectivity index (χ2v) is 5.20. The van der Waals surface area contributed by atoms with Gasteiger partial charge < -0.3 is 14.5 Å². The van der Waals surface area contributed by atoms with Gasteiger partial charge in [-0.05, 0) is 35.2 Å². The SMILES string of the molecule is Fc1c(OCCNCc2ccc(Cl)o2)ccc2ccccc12. The third kappa shape index (κ3) is 3.40. The van der Waals surface area contributed by atoms with Crippen molar-refractivity contribution >= 4 is 22.4 Å². The second kappa shape index (κ2) is 6.81. The van der Waals surface area contributed by atoms with Crippen LogP contribution in [0.25, 0.3) is 10.8 Å². The van der Waals surface area contributed by atoms with Crippen LogP contribution in [0.1, 0.15) is 5.76 Å². The molecule has 0 aliphatic rings. The average Bonchev–Trinajstić information content (AvgIpc) is 2.95. The van der Waals surface area contributed by atoms with E-state index >= 15 is 0 Å². The molecule has 0 aliphatic carbocycles. The van der Waals surface area contributed by atoms with E-state index in [0.717, 1.165) is 11.1 Å². The van der Waals surface area contributed by atoms with E-state index in [-0.39, 0.29) is 11.6 Å². The van der Waals surface area contributed by atoms with Crippen LogP contribution in [0.4, 0.5) is 4.39 Å². The summed E-state index contributed by atoms with van der Waals surface area (Å²) in [6, 6.07) is 14.3. The molecule has 3 aromatic rings. The van der Waals surface area contributed by atoms with Crippen molar-refractivity contribution in [1.82, 2.24) is 5.32 Å². The van der Waals surface area contributed by atoms with Crippen LogP contribution in [0.5, 0.6) is 5.75 Å². The van der Waals surface area contributed by atoms with Crippen molar-refractivity contribution in [2.24, 2.45) is 0 Å². The summed E-state index contributed by atoms with van der Waals surface area (Å²) in [6.07, 6.45) is 0. The smallest absolute Gasteiger partial charge is 0.193 e. The Balaban J connectivity index is 1.52. The van der Waals surface area contributed by atoms with Gasteiger partial charge in [0.05, 0.1) is 6.54 Å². The molecule has 1 N–H and O–H groups in total. The zero-order valence-electron chi connectivity index (χ0n) is 11.8. The standard InChI is InChI=1S/C17H15ClFNO2/c18-16-8-6-13(22-16)11-20-9-10-21-15-7-5-12-3-1-2-4-14(12)17(15)19/h1-8,20H,9-11H2. The highest BCUT2D eigenvalue weighted by Gasteiger charge is 2.07. The van der Waals surface area contributed by atoms with E-state index < -0.39 is 0 Å². The zero-order valence-corrected chi connectivity index (χ0v) is 12.6. The highest BCUT2D eigenvalue weighted by atomic mass is 35.5. The van der Waals surface area contributed by atoms with Crippen molar-refractivity contribution in [2.45, 2.75) is 6.54 Å². The largest absolute Gasteiger partial charge is 0.489 e. The molecule has 1 aromatic heterocycles. The number of fused-ring (bicyclic) bond motifs is 1. The zero-order chi connectivity index (χ0) is 15.4. The maximum atomic E-state index is 14.3. The summed E-state index contributed by atoms with van der Waals surface area (Å²) < 4.78 is 25.0. The van der Waals surface area contributed by atoms with E-state index in [4.69, 9.17) is 20.8 Å². The number of rotatable bonds is 6. The number of hydrogen-bond acceptors (Lipinski definition) is 3. The minimum absolute atomic E-state index is 0.265. The van der Waals surface area contributed by atoms with E-state index in [1.807, 2.05) is 24.3 Å². The Labute approximate surface area is 132 Å². The molecular weight excluding hydrogens is 305 g/mol. The van der Waals surface area contributed by atoms with Crippen LogP contribution in [-0.4, -0.2) is 13.2 Å². The number of hydrogen-bond donors (Lipinski definition) is 1. The molecule has 3 nitrogen and oxygen atoms in total. The van der Waals surface area contributed by atoms with Gasteiger partial charge in [0, 0.05) is 11.9 Å². The van der Waals surface area contributed by atoms with Crippen LogP contribution in [0, 0.1) is 5.82 Å². The molecule has 22 heavy (non-hydrogen) atoms. The highest BCUT2D eigenvalue weighted by molar-refractivity contribution is 6.28. The van der Waals surface area contributed by atoms with Crippen molar-refractivity contribution in [2.75, 3.05) is 13.2 Å². The molecule has 0 aliphatic heterocycles. The molecule has 0 unspecified atom stereocenters. The summed E-state index contributed by atoms with van der Waals surface area (Å²) in [5.74, 6) is 0.694. The molecule has 3 rings (SSSR count). The minimum atomic E-state index is -0.323. The van der Waals surface area contributed by atoms with E-state index in [9.17, 15) is 4.39 Å². The quantitative estimate of drug-likeness (QED) is 0.684. The molecule has 0 bridgehead atoms. The number of halogens is 2. The molecule has 5 heteroatoms. The Bertz CT molecular complexity index is 772. The average molecular weight is 320 g/mol. The monoisotopic (exact) mass is 319 g/mol. The first-order valence-corrected chi connectivity index (χ1v) is 7.37. The Morgan fingerprint density at radius 1 is 1.09 bits per heavy atom. The topological polar surface area (TPSA) is 34.4 Å². The summed E-state index contributed by atoms with van der Waals surface area (Å²) in [6.45, 7) is 1.49. The fraction of sp³-hybridized carbons (Fsp3) is 0.176. The molecule has 0 spiro atoms. The fourth-order valence-electron chi connectivity index (χ4n) is 2.22. The van der Waals surface area contributed by atoms with Crippen LogP contribution in [0.2, 0.25) is 5.22 Å². The van der Waals surface area contributed by atoms with Gasteiger partial charge in [-0.3, -0.25) is 0 Å². The Kier molecular flexibility index (Phi) is 4.61. The molecular formula is C17H15ClFNO2. The molecule has 114 valence electrons. The summed E-state index contributed by atoms with van der Waals surface area (Å²) in [7, 11) is 0. The van der Waals surface area contributed by atoms with Crippen LogP contribution in [-0.2, 0) is 6.54 Å². The van der Waals surface area contributed by atoms with E-state index in [1.165, 1.54) is 0 Å². The number of furan rings is 1. The molecule has 0 saturated heterocycles. The third-order valence-electron chi connectivity index (χ3n) is 3.29. The van der Waals surface area contributed by atoms with Gasteiger partial charge in [-0.15, -0.1) is 0 Å². The van der Waals surface area contributed by atoms with Gasteiger partial charge >= 0.3 is 0 Å². The predicted octanol–water partition coefficient (Wildman–Crippen LogP) is 4.39. The number of nitrogens with one attached hydrogen (secondary N) is 1. The number of benzene rings is 2. The van der Waals surface area contributed by atoms with Crippen molar-refractivity contribution in [3.8, 4) is 5.75 Å². The minimum Gasteiger partial charge on any atom is -0.489 e. The van der Waals surface area contributed by atoms with Crippen molar-refractivity contribution in [3.63, 3.8) is 0 Å². The molecule has 0 amide bonds. The van der Waals surface area contributed by atoms with Crippen molar-refractivity contribution in [3.05, 3.63) is 65.3 Å². The molecule has 1 heterocycles. The lowest BCUT2D eigenvalue weighted by Crippen LogP contribution is -2.20. The fourth-order valence-corrected chi connectivity index (χ4v) is 2.38. The summed E-state index contributed by atoms with van der Waals surface area (Å²) in [4.78, 5) is 0. The lowest BCUT2D eigenvalue weighted by molar-refractivity contribution is 0.297. The van der Waals surface area contributed by atoms with Gasteiger partial charge in [0.25, 0.3) is 0 Å². The first-order valence-electron chi connectivity index (χ1n) is 6.99. The maximum Gasteiger partial charge on any atom is 0.193 e. The van der Waals surface area contributed by atoms with E-state index in [2.05, 4.69) is 5.32 Å². The van der Waals surface area contributed by atoms with Crippen LogP contribution in [0.3, 0.4) is 0 Å². The Morgan fingerprint density at radius 3 is 2.77 bits per heavy atom. The third-order valence-corrected chi connectivity index (χ3v) is 3.50.